The van der Waals surface area contributed by atoms with E-state index < -0.39 is 0 Å². The number of amides is 2. The third kappa shape index (κ3) is 4.63. The number of methoxy groups -OCH3 is 2. The van der Waals surface area contributed by atoms with Gasteiger partial charge in [-0.2, -0.15) is 0 Å². The van der Waals surface area contributed by atoms with Crippen molar-refractivity contribution in [1.29, 1.82) is 0 Å². The fourth-order valence-corrected chi connectivity index (χ4v) is 3.04. The first kappa shape index (κ1) is 17.1. The summed E-state index contributed by atoms with van der Waals surface area (Å²) in [7, 11) is 4.99. The maximum Gasteiger partial charge on any atom is 0.317 e. The van der Waals surface area contributed by atoms with E-state index >= 15 is 0 Å². The summed E-state index contributed by atoms with van der Waals surface area (Å²) in [6, 6.07) is 9.52. The van der Waals surface area contributed by atoms with Crippen LogP contribution in [0.15, 0.2) is 30.3 Å². The normalized spacial score (nSPS) is 10.3. The Bertz CT molecular complexity index is 670. The topological polar surface area (TPSA) is 50.8 Å². The molecule has 0 atom stereocenters. The van der Waals surface area contributed by atoms with Crippen LogP contribution in [0.1, 0.15) is 15.3 Å². The van der Waals surface area contributed by atoms with E-state index in [9.17, 15) is 4.79 Å². The van der Waals surface area contributed by atoms with Gasteiger partial charge in [0.25, 0.3) is 0 Å². The van der Waals surface area contributed by atoms with Crippen LogP contribution in [0, 0.1) is 6.92 Å². The van der Waals surface area contributed by atoms with Gasteiger partial charge in [0, 0.05) is 22.4 Å². The Balaban J connectivity index is 1.97. The molecular weight excluding hydrogens is 312 g/mol. The summed E-state index contributed by atoms with van der Waals surface area (Å²) in [5.41, 5.74) is 0.900. The number of carbonyl (C=O) groups excluding carboxylic acids is 1. The average Bonchev–Trinajstić information content (AvgIpc) is 2.97. The summed E-state index contributed by atoms with van der Waals surface area (Å²) in [5, 5.41) is 2.92. The molecule has 5 nitrogen and oxygen atoms in total. The minimum atomic E-state index is -0.124. The van der Waals surface area contributed by atoms with E-state index in [0.717, 1.165) is 21.9 Å². The van der Waals surface area contributed by atoms with E-state index in [4.69, 9.17) is 9.47 Å². The molecule has 0 radical (unpaired) electrons. The highest BCUT2D eigenvalue weighted by molar-refractivity contribution is 7.11. The number of carbonyl (C=O) groups is 1. The maximum atomic E-state index is 12.2. The van der Waals surface area contributed by atoms with E-state index in [0.29, 0.717) is 13.1 Å². The van der Waals surface area contributed by atoms with Gasteiger partial charge in [-0.1, -0.05) is 0 Å². The molecule has 0 bridgehead atoms. The van der Waals surface area contributed by atoms with Crippen molar-refractivity contribution >= 4 is 17.4 Å². The van der Waals surface area contributed by atoms with Gasteiger partial charge in [-0.25, -0.2) is 4.79 Å². The number of hydrogen-bond donors (Lipinski definition) is 1. The number of urea groups is 1. The van der Waals surface area contributed by atoms with Crippen LogP contribution in [-0.2, 0) is 13.1 Å². The van der Waals surface area contributed by atoms with Gasteiger partial charge in [0.05, 0.1) is 27.3 Å². The molecule has 0 unspecified atom stereocenters. The molecule has 1 heterocycles. The molecule has 2 amide bonds. The molecule has 2 aromatic rings. The number of nitrogens with zero attached hydrogens (tertiary/aromatic N) is 1. The predicted molar refractivity (Wildman–Crippen MR) is 92.3 cm³/mol. The molecule has 0 aliphatic heterocycles. The monoisotopic (exact) mass is 334 g/mol. The third-order valence-corrected chi connectivity index (χ3v) is 4.45. The van der Waals surface area contributed by atoms with Crippen molar-refractivity contribution in [3.63, 3.8) is 0 Å². The Labute approximate surface area is 140 Å². The van der Waals surface area contributed by atoms with Crippen molar-refractivity contribution in [1.82, 2.24) is 10.2 Å². The van der Waals surface area contributed by atoms with E-state index in [1.165, 1.54) is 4.88 Å². The molecule has 0 spiro atoms. The molecule has 1 aromatic carbocycles. The fraction of sp³-hybridized carbons (Fsp3) is 0.353. The van der Waals surface area contributed by atoms with Crippen LogP contribution in [-0.4, -0.2) is 32.2 Å². The minimum Gasteiger partial charge on any atom is -0.497 e. The van der Waals surface area contributed by atoms with Crippen LogP contribution in [0.4, 0.5) is 4.79 Å². The highest BCUT2D eigenvalue weighted by atomic mass is 32.1. The molecule has 124 valence electrons. The predicted octanol–water partition coefficient (Wildman–Crippen LogP) is 3.42. The van der Waals surface area contributed by atoms with Gasteiger partial charge in [0.2, 0.25) is 0 Å². The fourth-order valence-electron chi connectivity index (χ4n) is 2.21. The second kappa shape index (κ2) is 7.87. The summed E-state index contributed by atoms with van der Waals surface area (Å²) in [6.45, 7) is 3.03. The molecule has 0 aliphatic carbocycles. The number of ether oxygens (including phenoxy) is 2. The lowest BCUT2D eigenvalue weighted by Gasteiger charge is -2.19. The highest BCUT2D eigenvalue weighted by Crippen LogP contribution is 2.25. The Morgan fingerprint density at radius 1 is 1.22 bits per heavy atom. The van der Waals surface area contributed by atoms with Crippen LogP contribution in [0.3, 0.4) is 0 Å². The van der Waals surface area contributed by atoms with Crippen molar-refractivity contribution in [2.45, 2.75) is 20.0 Å². The van der Waals surface area contributed by atoms with Gasteiger partial charge in [-0.3, -0.25) is 0 Å². The third-order valence-electron chi connectivity index (χ3n) is 3.45. The Hall–Kier alpha value is -2.21. The van der Waals surface area contributed by atoms with Crippen molar-refractivity contribution < 1.29 is 14.3 Å². The standard InChI is InChI=1S/C17H22N2O3S/c1-12-5-7-15(23-12)10-18-17(20)19(2)11-13-9-14(21-3)6-8-16(13)22-4/h5-9H,10-11H2,1-4H3,(H,18,20). The molecule has 23 heavy (non-hydrogen) atoms. The average molecular weight is 334 g/mol. The smallest absolute Gasteiger partial charge is 0.317 e. The Morgan fingerprint density at radius 3 is 2.61 bits per heavy atom. The summed E-state index contributed by atoms with van der Waals surface area (Å²) in [6.07, 6.45) is 0. The van der Waals surface area contributed by atoms with Crippen LogP contribution in [0.5, 0.6) is 11.5 Å². The zero-order valence-electron chi connectivity index (χ0n) is 13.9. The van der Waals surface area contributed by atoms with Crippen LogP contribution in [0.25, 0.3) is 0 Å². The summed E-state index contributed by atoms with van der Waals surface area (Å²) >= 11 is 1.69. The molecule has 2 rings (SSSR count). The summed E-state index contributed by atoms with van der Waals surface area (Å²) < 4.78 is 10.6. The number of benzene rings is 1. The van der Waals surface area contributed by atoms with Crippen LogP contribution >= 0.6 is 11.3 Å². The van der Waals surface area contributed by atoms with E-state index in [2.05, 4.69) is 18.3 Å². The van der Waals surface area contributed by atoms with E-state index in [1.807, 2.05) is 24.3 Å². The van der Waals surface area contributed by atoms with Gasteiger partial charge in [0.15, 0.2) is 0 Å². The van der Waals surface area contributed by atoms with E-state index in [1.54, 1.807) is 37.5 Å². The van der Waals surface area contributed by atoms with Gasteiger partial charge < -0.3 is 19.7 Å². The van der Waals surface area contributed by atoms with Crippen molar-refractivity contribution in [3.05, 3.63) is 45.6 Å². The van der Waals surface area contributed by atoms with Crippen LogP contribution in [0.2, 0.25) is 0 Å². The summed E-state index contributed by atoms with van der Waals surface area (Å²) in [5.74, 6) is 1.48. The first-order valence-electron chi connectivity index (χ1n) is 7.28. The van der Waals surface area contributed by atoms with Crippen LogP contribution < -0.4 is 14.8 Å². The molecule has 0 saturated carbocycles. The van der Waals surface area contributed by atoms with Gasteiger partial charge in [-0.05, 0) is 37.3 Å². The number of hydrogen-bond acceptors (Lipinski definition) is 4. The first-order chi connectivity index (χ1) is 11.0. The molecule has 0 saturated heterocycles. The second-order valence-corrected chi connectivity index (χ2v) is 6.58. The Kier molecular flexibility index (Phi) is 5.87. The Morgan fingerprint density at radius 2 is 2.00 bits per heavy atom. The second-order valence-electron chi connectivity index (χ2n) is 5.20. The largest absolute Gasteiger partial charge is 0.497 e. The lowest BCUT2D eigenvalue weighted by Crippen LogP contribution is -2.36. The molecule has 1 aromatic heterocycles. The molecule has 0 aliphatic rings. The van der Waals surface area contributed by atoms with Gasteiger partial charge in [-0.15, -0.1) is 11.3 Å². The zero-order chi connectivity index (χ0) is 16.8. The van der Waals surface area contributed by atoms with Crippen molar-refractivity contribution in [2.75, 3.05) is 21.3 Å². The highest BCUT2D eigenvalue weighted by Gasteiger charge is 2.13. The number of rotatable bonds is 6. The maximum absolute atomic E-state index is 12.2. The number of nitrogens with one attached hydrogen (secondary N) is 1. The van der Waals surface area contributed by atoms with E-state index in [-0.39, 0.29) is 6.03 Å². The lowest BCUT2D eigenvalue weighted by molar-refractivity contribution is 0.206. The molecular formula is C17H22N2O3S. The lowest BCUT2D eigenvalue weighted by atomic mass is 10.2. The quantitative estimate of drug-likeness (QED) is 0.881. The van der Waals surface area contributed by atoms with Crippen molar-refractivity contribution in [3.8, 4) is 11.5 Å². The molecule has 1 N–H and O–H groups in total. The molecule has 0 fully saturated rings. The van der Waals surface area contributed by atoms with Gasteiger partial charge >= 0.3 is 6.03 Å². The number of thiophene rings is 1. The molecule has 6 heteroatoms. The SMILES string of the molecule is COc1ccc(OC)c(CN(C)C(=O)NCc2ccc(C)s2)c1. The first-order valence-corrected chi connectivity index (χ1v) is 8.10. The number of aryl methyl sites for hydroxylation is 1. The summed E-state index contributed by atoms with van der Waals surface area (Å²) in [4.78, 5) is 16.2. The van der Waals surface area contributed by atoms with Crippen molar-refractivity contribution in [2.24, 2.45) is 0 Å². The zero-order valence-corrected chi connectivity index (χ0v) is 14.7. The van der Waals surface area contributed by atoms with Gasteiger partial charge in [0.1, 0.15) is 11.5 Å². The minimum absolute atomic E-state index is 0.124.